The maximum atomic E-state index is 11.6. The molecule has 1 aromatic rings. The van der Waals surface area contributed by atoms with Crippen molar-refractivity contribution in [3.8, 4) is 0 Å². The van der Waals surface area contributed by atoms with Crippen molar-refractivity contribution in [1.29, 1.82) is 0 Å². The lowest BCUT2D eigenvalue weighted by Gasteiger charge is -2.19. The molecule has 1 aromatic heterocycles. The molecule has 0 radical (unpaired) electrons. The molecule has 1 N–H and O–H groups in total. The molecule has 0 fully saturated rings. The number of amides is 1. The van der Waals surface area contributed by atoms with Gasteiger partial charge in [-0.05, 0) is 31.0 Å². The lowest BCUT2D eigenvalue weighted by Crippen LogP contribution is -2.35. The molecule has 1 heterocycles. The highest BCUT2D eigenvalue weighted by atomic mass is 32.1. The highest BCUT2D eigenvalue weighted by Crippen LogP contribution is 2.07. The van der Waals surface area contributed by atoms with Crippen LogP contribution in [-0.4, -0.2) is 37.0 Å². The number of carbonyl (C=O) groups excluding carboxylic acids is 1. The minimum Gasteiger partial charge on any atom is -0.350 e. The molecular formula is C12H20N2OS. The first-order valence-corrected chi connectivity index (χ1v) is 6.70. The maximum Gasteiger partial charge on any atom is 0.261 e. The third-order valence-corrected chi connectivity index (χ3v) is 3.31. The zero-order valence-corrected chi connectivity index (χ0v) is 10.8. The van der Waals surface area contributed by atoms with E-state index in [0.29, 0.717) is 0 Å². The van der Waals surface area contributed by atoms with E-state index >= 15 is 0 Å². The highest BCUT2D eigenvalue weighted by Gasteiger charge is 2.06. The fourth-order valence-corrected chi connectivity index (χ4v) is 2.21. The van der Waals surface area contributed by atoms with Gasteiger partial charge in [0, 0.05) is 13.1 Å². The van der Waals surface area contributed by atoms with Gasteiger partial charge in [0.15, 0.2) is 0 Å². The zero-order valence-electron chi connectivity index (χ0n) is 10.0. The van der Waals surface area contributed by atoms with Crippen LogP contribution in [0.3, 0.4) is 0 Å². The van der Waals surface area contributed by atoms with Gasteiger partial charge < -0.3 is 10.2 Å². The Kier molecular flexibility index (Phi) is 6.11. The summed E-state index contributed by atoms with van der Waals surface area (Å²) in [5.41, 5.74) is 0. The molecule has 3 nitrogen and oxygen atoms in total. The molecule has 0 saturated heterocycles. The number of nitrogens with one attached hydrogen (secondary N) is 1. The van der Waals surface area contributed by atoms with Crippen molar-refractivity contribution in [3.05, 3.63) is 22.4 Å². The lowest BCUT2D eigenvalue weighted by molar-refractivity contribution is 0.0952. The Bertz CT molecular complexity index is 298. The van der Waals surface area contributed by atoms with Crippen molar-refractivity contribution in [2.24, 2.45) is 0 Å². The number of hydrogen-bond donors (Lipinski definition) is 1. The first-order valence-electron chi connectivity index (χ1n) is 5.82. The van der Waals surface area contributed by atoms with Crippen molar-refractivity contribution in [2.75, 3.05) is 26.2 Å². The van der Waals surface area contributed by atoms with Crippen LogP contribution in [0.15, 0.2) is 17.5 Å². The number of nitrogens with zero attached hydrogens (tertiary/aromatic N) is 1. The van der Waals surface area contributed by atoms with Crippen LogP contribution in [0, 0.1) is 0 Å². The number of carbonyl (C=O) groups is 1. The van der Waals surface area contributed by atoms with Gasteiger partial charge in [0.2, 0.25) is 0 Å². The SMILES string of the molecule is CCCN(CC)CCNC(=O)c1cccs1. The Hall–Kier alpha value is -0.870. The van der Waals surface area contributed by atoms with Gasteiger partial charge in [-0.25, -0.2) is 0 Å². The van der Waals surface area contributed by atoms with Gasteiger partial charge >= 0.3 is 0 Å². The number of thiophene rings is 1. The molecule has 0 aliphatic heterocycles. The minimum atomic E-state index is 0.0440. The van der Waals surface area contributed by atoms with E-state index in [-0.39, 0.29) is 5.91 Å². The summed E-state index contributed by atoms with van der Waals surface area (Å²) in [6.45, 7) is 8.13. The standard InChI is InChI=1S/C12H20N2OS/c1-3-8-14(4-2)9-7-13-12(15)11-6-5-10-16-11/h5-6,10H,3-4,7-9H2,1-2H3,(H,13,15). The van der Waals surface area contributed by atoms with Gasteiger partial charge in [0.05, 0.1) is 4.88 Å². The van der Waals surface area contributed by atoms with Crippen molar-refractivity contribution in [2.45, 2.75) is 20.3 Å². The molecule has 0 bridgehead atoms. The summed E-state index contributed by atoms with van der Waals surface area (Å²) in [4.78, 5) is 14.7. The van der Waals surface area contributed by atoms with Crippen molar-refractivity contribution in [1.82, 2.24) is 10.2 Å². The maximum absolute atomic E-state index is 11.6. The summed E-state index contributed by atoms with van der Waals surface area (Å²) < 4.78 is 0. The molecule has 1 amide bonds. The van der Waals surface area contributed by atoms with Crippen LogP contribution < -0.4 is 5.32 Å². The van der Waals surface area contributed by atoms with Crippen molar-refractivity contribution >= 4 is 17.2 Å². The van der Waals surface area contributed by atoms with Gasteiger partial charge in [0.25, 0.3) is 5.91 Å². The van der Waals surface area contributed by atoms with E-state index < -0.39 is 0 Å². The van der Waals surface area contributed by atoms with Crippen LogP contribution in [0.4, 0.5) is 0 Å². The second kappa shape index (κ2) is 7.41. The van der Waals surface area contributed by atoms with E-state index in [4.69, 9.17) is 0 Å². The van der Waals surface area contributed by atoms with Crippen LogP contribution in [0.25, 0.3) is 0 Å². The molecule has 0 aliphatic carbocycles. The van der Waals surface area contributed by atoms with E-state index in [1.165, 1.54) is 11.3 Å². The summed E-state index contributed by atoms with van der Waals surface area (Å²) in [6, 6.07) is 3.75. The minimum absolute atomic E-state index is 0.0440. The quantitative estimate of drug-likeness (QED) is 0.792. The number of likely N-dealkylation sites (N-methyl/N-ethyl adjacent to an activating group) is 1. The molecule has 0 saturated carbocycles. The first-order chi connectivity index (χ1) is 7.77. The highest BCUT2D eigenvalue weighted by molar-refractivity contribution is 7.12. The Morgan fingerprint density at radius 2 is 2.25 bits per heavy atom. The fraction of sp³-hybridized carbons (Fsp3) is 0.583. The summed E-state index contributed by atoms with van der Waals surface area (Å²) in [7, 11) is 0. The monoisotopic (exact) mass is 240 g/mol. The third kappa shape index (κ3) is 4.33. The molecule has 1 rings (SSSR count). The normalized spacial score (nSPS) is 10.7. The largest absolute Gasteiger partial charge is 0.350 e. The summed E-state index contributed by atoms with van der Waals surface area (Å²) in [5, 5.41) is 4.86. The lowest BCUT2D eigenvalue weighted by atomic mass is 10.4. The molecule has 0 atom stereocenters. The molecule has 90 valence electrons. The van der Waals surface area contributed by atoms with Crippen molar-refractivity contribution in [3.63, 3.8) is 0 Å². The number of hydrogen-bond acceptors (Lipinski definition) is 3. The molecule has 4 heteroatoms. The smallest absolute Gasteiger partial charge is 0.261 e. The number of rotatable bonds is 7. The predicted octanol–water partition coefficient (Wildman–Crippen LogP) is 2.21. The van der Waals surface area contributed by atoms with Crippen LogP contribution in [0.1, 0.15) is 29.9 Å². The average Bonchev–Trinajstić information content (AvgIpc) is 2.81. The average molecular weight is 240 g/mol. The van der Waals surface area contributed by atoms with Gasteiger partial charge in [0.1, 0.15) is 0 Å². The second-order valence-corrected chi connectivity index (χ2v) is 4.62. The molecule has 0 unspecified atom stereocenters. The van der Waals surface area contributed by atoms with Gasteiger partial charge in [-0.1, -0.05) is 19.9 Å². The van der Waals surface area contributed by atoms with E-state index in [0.717, 1.165) is 37.5 Å². The van der Waals surface area contributed by atoms with Gasteiger partial charge in [-0.3, -0.25) is 4.79 Å². The van der Waals surface area contributed by atoms with Crippen LogP contribution in [0.5, 0.6) is 0 Å². The topological polar surface area (TPSA) is 32.3 Å². The summed E-state index contributed by atoms with van der Waals surface area (Å²) in [6.07, 6.45) is 1.16. The van der Waals surface area contributed by atoms with Crippen molar-refractivity contribution < 1.29 is 4.79 Å². The van der Waals surface area contributed by atoms with E-state index in [1.807, 2.05) is 17.5 Å². The van der Waals surface area contributed by atoms with Crippen LogP contribution in [-0.2, 0) is 0 Å². The van der Waals surface area contributed by atoms with Crippen LogP contribution >= 0.6 is 11.3 Å². The second-order valence-electron chi connectivity index (χ2n) is 3.67. The molecular weight excluding hydrogens is 220 g/mol. The van der Waals surface area contributed by atoms with Gasteiger partial charge in [-0.15, -0.1) is 11.3 Å². The van der Waals surface area contributed by atoms with Gasteiger partial charge in [-0.2, -0.15) is 0 Å². The van der Waals surface area contributed by atoms with Crippen LogP contribution in [0.2, 0.25) is 0 Å². The van der Waals surface area contributed by atoms with E-state index in [2.05, 4.69) is 24.1 Å². The Morgan fingerprint density at radius 3 is 2.81 bits per heavy atom. The molecule has 16 heavy (non-hydrogen) atoms. The Morgan fingerprint density at radius 1 is 1.44 bits per heavy atom. The molecule has 0 aromatic carbocycles. The Balaban J connectivity index is 2.22. The summed E-state index contributed by atoms with van der Waals surface area (Å²) >= 11 is 1.48. The predicted molar refractivity (Wildman–Crippen MR) is 69.1 cm³/mol. The van der Waals surface area contributed by atoms with E-state index in [1.54, 1.807) is 0 Å². The first kappa shape index (κ1) is 13.2. The fourth-order valence-electron chi connectivity index (χ4n) is 1.57. The molecule has 0 aliphatic rings. The van der Waals surface area contributed by atoms with E-state index in [9.17, 15) is 4.79 Å². The Labute approximate surface area is 101 Å². The summed E-state index contributed by atoms with van der Waals surface area (Å²) in [5.74, 6) is 0.0440. The molecule has 0 spiro atoms. The third-order valence-electron chi connectivity index (χ3n) is 2.45. The zero-order chi connectivity index (χ0) is 11.8.